The predicted molar refractivity (Wildman–Crippen MR) is 82.3 cm³/mol. The molecule has 0 aromatic heterocycles. The van der Waals surface area contributed by atoms with Crippen LogP contribution in [0.1, 0.15) is 44.7 Å². The van der Waals surface area contributed by atoms with E-state index in [-0.39, 0.29) is 0 Å². The van der Waals surface area contributed by atoms with Gasteiger partial charge in [-0.15, -0.1) is 0 Å². The lowest BCUT2D eigenvalue weighted by Gasteiger charge is -2.35. The highest BCUT2D eigenvalue weighted by Crippen LogP contribution is 2.32. The van der Waals surface area contributed by atoms with E-state index in [1.165, 1.54) is 31.4 Å². The van der Waals surface area contributed by atoms with E-state index in [2.05, 4.69) is 61.4 Å². The van der Waals surface area contributed by atoms with Crippen molar-refractivity contribution in [3.8, 4) is 0 Å². The van der Waals surface area contributed by atoms with E-state index < -0.39 is 0 Å². The van der Waals surface area contributed by atoms with Gasteiger partial charge in [0.1, 0.15) is 0 Å². The molecule has 2 nitrogen and oxygen atoms in total. The summed E-state index contributed by atoms with van der Waals surface area (Å²) >= 11 is 0. The summed E-state index contributed by atoms with van der Waals surface area (Å²) in [4.78, 5) is 2.57. The van der Waals surface area contributed by atoms with Gasteiger partial charge in [-0.25, -0.2) is 0 Å². The van der Waals surface area contributed by atoms with Gasteiger partial charge in [-0.2, -0.15) is 0 Å². The Balaban J connectivity index is 2.09. The second kappa shape index (κ2) is 7.06. The molecule has 1 aromatic carbocycles. The van der Waals surface area contributed by atoms with Gasteiger partial charge >= 0.3 is 0 Å². The fourth-order valence-corrected chi connectivity index (χ4v) is 3.00. The molecule has 0 heterocycles. The first-order valence-electron chi connectivity index (χ1n) is 7.74. The topological polar surface area (TPSA) is 15.3 Å². The van der Waals surface area contributed by atoms with Crippen molar-refractivity contribution in [1.82, 2.24) is 10.2 Å². The molecule has 0 aliphatic heterocycles. The fraction of sp³-hybridized carbons (Fsp3) is 0.647. The van der Waals surface area contributed by atoms with Crippen molar-refractivity contribution in [3.63, 3.8) is 0 Å². The van der Waals surface area contributed by atoms with Crippen molar-refractivity contribution in [2.45, 2.75) is 45.2 Å². The highest BCUT2D eigenvalue weighted by molar-refractivity contribution is 5.20. The minimum atomic E-state index is 0.444. The second-order valence-electron chi connectivity index (χ2n) is 5.80. The van der Waals surface area contributed by atoms with E-state index in [9.17, 15) is 0 Å². The minimum Gasteiger partial charge on any atom is -0.309 e. The number of likely N-dealkylation sites (N-methyl/N-ethyl adjacent to an activating group) is 2. The van der Waals surface area contributed by atoms with Crippen LogP contribution in [-0.4, -0.2) is 31.1 Å². The summed E-state index contributed by atoms with van der Waals surface area (Å²) in [6, 6.07) is 11.9. The molecular weight excluding hydrogens is 232 g/mol. The fourth-order valence-electron chi connectivity index (χ4n) is 3.00. The maximum Gasteiger partial charge on any atom is 0.0477 e. The zero-order valence-corrected chi connectivity index (χ0v) is 12.6. The van der Waals surface area contributed by atoms with Gasteiger partial charge in [0, 0.05) is 18.6 Å². The van der Waals surface area contributed by atoms with Gasteiger partial charge in [0.25, 0.3) is 0 Å². The monoisotopic (exact) mass is 260 g/mol. The molecule has 2 atom stereocenters. The Bertz CT molecular complexity index is 359. The molecule has 0 bridgehead atoms. The van der Waals surface area contributed by atoms with Crippen molar-refractivity contribution in [2.75, 3.05) is 20.1 Å². The molecule has 0 spiro atoms. The van der Waals surface area contributed by atoms with Gasteiger partial charge in [-0.3, -0.25) is 0 Å². The molecule has 1 aliphatic carbocycles. The van der Waals surface area contributed by atoms with Crippen LogP contribution < -0.4 is 5.32 Å². The summed E-state index contributed by atoms with van der Waals surface area (Å²) in [6.45, 7) is 6.78. The summed E-state index contributed by atoms with van der Waals surface area (Å²) in [6.07, 6.45) is 4.05. The first-order chi connectivity index (χ1) is 9.26. The van der Waals surface area contributed by atoms with Gasteiger partial charge in [0.05, 0.1) is 0 Å². The molecule has 0 saturated heterocycles. The van der Waals surface area contributed by atoms with E-state index in [1.807, 2.05) is 0 Å². The first-order valence-corrected chi connectivity index (χ1v) is 7.74. The standard InChI is InChI=1S/C17H28N2/c1-4-16(19(3)13-14-11-12-14)17(18-5-2)15-9-7-6-8-10-15/h6-10,14,16-18H,4-5,11-13H2,1-3H3. The first kappa shape index (κ1) is 14.5. The van der Waals surface area contributed by atoms with Crippen molar-refractivity contribution >= 4 is 0 Å². The Morgan fingerprint density at radius 3 is 2.42 bits per heavy atom. The third-order valence-electron chi connectivity index (χ3n) is 4.20. The molecule has 2 heteroatoms. The van der Waals surface area contributed by atoms with E-state index in [0.29, 0.717) is 12.1 Å². The van der Waals surface area contributed by atoms with Crippen LogP contribution in [-0.2, 0) is 0 Å². The van der Waals surface area contributed by atoms with Crippen molar-refractivity contribution < 1.29 is 0 Å². The van der Waals surface area contributed by atoms with Crippen LogP contribution in [0.3, 0.4) is 0 Å². The maximum absolute atomic E-state index is 3.68. The third-order valence-corrected chi connectivity index (χ3v) is 4.20. The number of rotatable bonds is 8. The lowest BCUT2D eigenvalue weighted by atomic mass is 9.96. The van der Waals surface area contributed by atoms with Crippen molar-refractivity contribution in [3.05, 3.63) is 35.9 Å². The predicted octanol–water partition coefficient (Wildman–Crippen LogP) is 3.46. The highest BCUT2D eigenvalue weighted by atomic mass is 15.2. The molecule has 19 heavy (non-hydrogen) atoms. The highest BCUT2D eigenvalue weighted by Gasteiger charge is 2.29. The van der Waals surface area contributed by atoms with Gasteiger partial charge < -0.3 is 10.2 Å². The summed E-state index contributed by atoms with van der Waals surface area (Å²) in [5.41, 5.74) is 1.42. The van der Waals surface area contributed by atoms with Gasteiger partial charge in [0.2, 0.25) is 0 Å². The van der Waals surface area contributed by atoms with Crippen molar-refractivity contribution in [2.24, 2.45) is 5.92 Å². The van der Waals surface area contributed by atoms with Crippen LogP contribution in [0.25, 0.3) is 0 Å². The molecule has 1 fully saturated rings. The summed E-state index contributed by atoms with van der Waals surface area (Å²) in [5, 5.41) is 3.68. The van der Waals surface area contributed by atoms with Gasteiger partial charge in [-0.05, 0) is 44.3 Å². The van der Waals surface area contributed by atoms with E-state index in [4.69, 9.17) is 0 Å². The average molecular weight is 260 g/mol. The van der Waals surface area contributed by atoms with Crippen LogP contribution >= 0.6 is 0 Å². The molecule has 1 N–H and O–H groups in total. The third kappa shape index (κ3) is 4.05. The Hall–Kier alpha value is -0.860. The number of hydrogen-bond donors (Lipinski definition) is 1. The lowest BCUT2D eigenvalue weighted by molar-refractivity contribution is 0.180. The van der Waals surface area contributed by atoms with Gasteiger partial charge in [-0.1, -0.05) is 44.2 Å². The van der Waals surface area contributed by atoms with E-state index >= 15 is 0 Å². The molecule has 2 rings (SSSR count). The number of benzene rings is 1. The normalized spacial score (nSPS) is 18.5. The molecule has 1 saturated carbocycles. The Labute approximate surface area is 118 Å². The molecule has 0 amide bonds. The van der Waals surface area contributed by atoms with Crippen LogP contribution in [0, 0.1) is 5.92 Å². The molecule has 1 aromatic rings. The van der Waals surface area contributed by atoms with E-state index in [0.717, 1.165) is 12.5 Å². The van der Waals surface area contributed by atoms with Crippen LogP contribution in [0.4, 0.5) is 0 Å². The molecule has 1 aliphatic rings. The zero-order valence-electron chi connectivity index (χ0n) is 12.6. The molecule has 2 unspecified atom stereocenters. The Morgan fingerprint density at radius 2 is 1.89 bits per heavy atom. The van der Waals surface area contributed by atoms with Crippen molar-refractivity contribution in [1.29, 1.82) is 0 Å². The van der Waals surface area contributed by atoms with Crippen LogP contribution in [0.2, 0.25) is 0 Å². The number of nitrogens with zero attached hydrogens (tertiary/aromatic N) is 1. The van der Waals surface area contributed by atoms with E-state index in [1.54, 1.807) is 0 Å². The largest absolute Gasteiger partial charge is 0.309 e. The molecule has 106 valence electrons. The quantitative estimate of drug-likeness (QED) is 0.770. The molecule has 0 radical (unpaired) electrons. The van der Waals surface area contributed by atoms with Crippen LogP contribution in [0.15, 0.2) is 30.3 Å². The van der Waals surface area contributed by atoms with Crippen LogP contribution in [0.5, 0.6) is 0 Å². The minimum absolute atomic E-state index is 0.444. The smallest absolute Gasteiger partial charge is 0.0477 e. The number of hydrogen-bond acceptors (Lipinski definition) is 2. The lowest BCUT2D eigenvalue weighted by Crippen LogP contribution is -2.43. The Morgan fingerprint density at radius 1 is 1.21 bits per heavy atom. The SMILES string of the molecule is CCNC(c1ccccc1)C(CC)N(C)CC1CC1. The summed E-state index contributed by atoms with van der Waals surface area (Å²) in [7, 11) is 2.29. The molecular formula is C17H28N2. The second-order valence-corrected chi connectivity index (χ2v) is 5.80. The summed E-state index contributed by atoms with van der Waals surface area (Å²) in [5.74, 6) is 0.956. The number of nitrogens with one attached hydrogen (secondary N) is 1. The maximum atomic E-state index is 3.68. The zero-order chi connectivity index (χ0) is 13.7. The van der Waals surface area contributed by atoms with Gasteiger partial charge in [0.15, 0.2) is 0 Å². The summed E-state index contributed by atoms with van der Waals surface area (Å²) < 4.78 is 0. The Kier molecular flexibility index (Phi) is 5.41. The average Bonchev–Trinajstić information content (AvgIpc) is 3.23.